The lowest BCUT2D eigenvalue weighted by Crippen LogP contribution is -2.49. The molecule has 1 N–H and O–H groups in total. The number of carbonyl (C=O) groups excluding carboxylic acids is 1. The summed E-state index contributed by atoms with van der Waals surface area (Å²) >= 11 is 0. The first-order valence-corrected chi connectivity index (χ1v) is 9.95. The highest BCUT2D eigenvalue weighted by atomic mass is 16.5. The van der Waals surface area contributed by atoms with Gasteiger partial charge in [0.2, 0.25) is 0 Å². The number of nitrogens with one attached hydrogen (secondary N) is 1. The summed E-state index contributed by atoms with van der Waals surface area (Å²) in [5, 5.41) is 3.12. The van der Waals surface area contributed by atoms with Crippen LogP contribution in [0, 0.1) is 5.92 Å². The fourth-order valence-corrected chi connectivity index (χ4v) is 3.64. The van der Waals surface area contributed by atoms with Crippen molar-refractivity contribution in [1.29, 1.82) is 0 Å². The maximum Gasteiger partial charge on any atom is 0.251 e. The number of methoxy groups -OCH3 is 2. The fraction of sp³-hybridized carbons (Fsp3) is 0.591. The van der Waals surface area contributed by atoms with Crippen LogP contribution in [-0.2, 0) is 11.2 Å². The Hall–Kier alpha value is -2.05. The monoisotopic (exact) mass is 390 g/mol. The van der Waals surface area contributed by atoms with Crippen LogP contribution in [0.1, 0.15) is 36.2 Å². The van der Waals surface area contributed by atoms with Gasteiger partial charge in [0.25, 0.3) is 5.91 Å². The molecule has 1 saturated heterocycles. The molecular weight excluding hydrogens is 356 g/mol. The number of hydrogen-bond acceptors (Lipinski definition) is 5. The van der Waals surface area contributed by atoms with E-state index in [4.69, 9.17) is 14.2 Å². The largest absolute Gasteiger partial charge is 0.493 e. The van der Waals surface area contributed by atoms with Gasteiger partial charge in [0, 0.05) is 36.8 Å². The summed E-state index contributed by atoms with van der Waals surface area (Å²) in [5.74, 6) is 1.65. The molecule has 0 spiro atoms. The zero-order chi connectivity index (χ0) is 20.5. The van der Waals surface area contributed by atoms with E-state index in [0.29, 0.717) is 42.0 Å². The number of ether oxygens (including phenoxy) is 3. The van der Waals surface area contributed by atoms with Crippen molar-refractivity contribution in [2.45, 2.75) is 32.7 Å². The first kappa shape index (κ1) is 22.2. The predicted octanol–water partition coefficient (Wildman–Crippen LogP) is 2.91. The van der Waals surface area contributed by atoms with Crippen molar-refractivity contribution in [3.8, 4) is 11.5 Å². The summed E-state index contributed by atoms with van der Waals surface area (Å²) in [7, 11) is 3.18. The van der Waals surface area contributed by atoms with Crippen molar-refractivity contribution >= 4 is 5.91 Å². The standard InChI is InChI=1S/C22H34N2O4/c1-6-7-17-13-18(14-20(26-4)21(17)27-5)22(25)23-15-19(12-16(2)3)24-8-10-28-11-9-24/h6,13-14,16,19H,1,7-12,15H2,2-5H3,(H,23,25). The Morgan fingerprint density at radius 2 is 2.00 bits per heavy atom. The van der Waals surface area contributed by atoms with Crippen molar-refractivity contribution < 1.29 is 19.0 Å². The van der Waals surface area contributed by atoms with Gasteiger partial charge in [0.15, 0.2) is 11.5 Å². The molecule has 0 bridgehead atoms. The SMILES string of the molecule is C=CCc1cc(C(=O)NCC(CC(C)C)N2CCOCC2)cc(OC)c1OC. The molecular formula is C22H34N2O4. The summed E-state index contributed by atoms with van der Waals surface area (Å²) in [6.45, 7) is 12.2. The number of benzene rings is 1. The number of nitrogens with zero attached hydrogens (tertiary/aromatic N) is 1. The first-order valence-electron chi connectivity index (χ1n) is 9.95. The predicted molar refractivity (Wildman–Crippen MR) is 111 cm³/mol. The molecule has 1 aromatic carbocycles. The normalized spacial score (nSPS) is 15.9. The van der Waals surface area contributed by atoms with Gasteiger partial charge >= 0.3 is 0 Å². The Morgan fingerprint density at radius 1 is 1.29 bits per heavy atom. The van der Waals surface area contributed by atoms with E-state index in [9.17, 15) is 4.79 Å². The second-order valence-corrected chi connectivity index (χ2v) is 7.51. The smallest absolute Gasteiger partial charge is 0.251 e. The minimum atomic E-state index is -0.103. The number of hydrogen-bond donors (Lipinski definition) is 1. The van der Waals surface area contributed by atoms with E-state index in [2.05, 4.69) is 30.6 Å². The number of carbonyl (C=O) groups is 1. The number of rotatable bonds is 10. The highest BCUT2D eigenvalue weighted by molar-refractivity contribution is 5.95. The molecule has 0 saturated carbocycles. The van der Waals surface area contributed by atoms with Crippen LogP contribution in [0.4, 0.5) is 0 Å². The van der Waals surface area contributed by atoms with Gasteiger partial charge in [-0.25, -0.2) is 0 Å². The second-order valence-electron chi connectivity index (χ2n) is 7.51. The van der Waals surface area contributed by atoms with Crippen molar-refractivity contribution in [2.24, 2.45) is 5.92 Å². The third kappa shape index (κ3) is 5.97. The molecule has 1 aliphatic heterocycles. The maximum absolute atomic E-state index is 12.9. The first-order chi connectivity index (χ1) is 13.5. The van der Waals surface area contributed by atoms with Crippen LogP contribution >= 0.6 is 0 Å². The van der Waals surface area contributed by atoms with Crippen LogP contribution < -0.4 is 14.8 Å². The zero-order valence-corrected chi connectivity index (χ0v) is 17.6. The van der Waals surface area contributed by atoms with Gasteiger partial charge in [0.1, 0.15) is 0 Å². The van der Waals surface area contributed by atoms with Crippen molar-refractivity contribution in [3.05, 3.63) is 35.9 Å². The van der Waals surface area contributed by atoms with Gasteiger partial charge in [-0.3, -0.25) is 9.69 Å². The molecule has 1 aromatic rings. The molecule has 1 unspecified atom stereocenters. The zero-order valence-electron chi connectivity index (χ0n) is 17.6. The Balaban J connectivity index is 2.13. The van der Waals surface area contributed by atoms with Gasteiger partial charge in [-0.15, -0.1) is 6.58 Å². The van der Waals surface area contributed by atoms with E-state index in [1.807, 2.05) is 6.07 Å². The minimum Gasteiger partial charge on any atom is -0.493 e. The molecule has 156 valence electrons. The molecule has 1 heterocycles. The van der Waals surface area contributed by atoms with Crippen molar-refractivity contribution in [2.75, 3.05) is 47.1 Å². The Kier molecular flexibility index (Phi) is 8.80. The lowest BCUT2D eigenvalue weighted by atomic mass is 10.0. The number of amides is 1. The van der Waals surface area contributed by atoms with Crippen LogP contribution in [0.15, 0.2) is 24.8 Å². The van der Waals surface area contributed by atoms with Crippen molar-refractivity contribution in [1.82, 2.24) is 10.2 Å². The third-order valence-corrected chi connectivity index (χ3v) is 4.99. The van der Waals surface area contributed by atoms with Gasteiger partial charge < -0.3 is 19.5 Å². The summed E-state index contributed by atoms with van der Waals surface area (Å²) in [4.78, 5) is 15.3. The Labute approximate surface area is 168 Å². The van der Waals surface area contributed by atoms with Crippen molar-refractivity contribution in [3.63, 3.8) is 0 Å². The average molecular weight is 391 g/mol. The number of morpholine rings is 1. The molecule has 1 atom stereocenters. The summed E-state index contributed by atoms with van der Waals surface area (Å²) < 4.78 is 16.3. The van der Waals surface area contributed by atoms with E-state index in [1.54, 1.807) is 26.4 Å². The van der Waals surface area contributed by atoms with E-state index in [0.717, 1.165) is 38.3 Å². The van der Waals surface area contributed by atoms with E-state index < -0.39 is 0 Å². The van der Waals surface area contributed by atoms with Crippen LogP contribution in [0.5, 0.6) is 11.5 Å². The van der Waals surface area contributed by atoms with Gasteiger partial charge in [0.05, 0.1) is 27.4 Å². The van der Waals surface area contributed by atoms with Gasteiger partial charge in [-0.1, -0.05) is 19.9 Å². The topological polar surface area (TPSA) is 60.0 Å². The Bertz CT molecular complexity index is 654. The molecule has 0 radical (unpaired) electrons. The Morgan fingerprint density at radius 3 is 2.57 bits per heavy atom. The molecule has 28 heavy (non-hydrogen) atoms. The highest BCUT2D eigenvalue weighted by Crippen LogP contribution is 2.33. The van der Waals surface area contributed by atoms with E-state index in [-0.39, 0.29) is 5.91 Å². The summed E-state index contributed by atoms with van der Waals surface area (Å²) in [6.07, 6.45) is 3.43. The molecule has 1 amide bonds. The van der Waals surface area contributed by atoms with Crippen LogP contribution in [0.2, 0.25) is 0 Å². The molecule has 1 aliphatic rings. The lowest BCUT2D eigenvalue weighted by Gasteiger charge is -2.35. The quantitative estimate of drug-likeness (QED) is 0.623. The van der Waals surface area contributed by atoms with Crippen LogP contribution in [0.25, 0.3) is 0 Å². The molecule has 0 aromatic heterocycles. The average Bonchev–Trinajstić information content (AvgIpc) is 2.70. The third-order valence-electron chi connectivity index (χ3n) is 4.99. The minimum absolute atomic E-state index is 0.103. The molecule has 6 heteroatoms. The lowest BCUT2D eigenvalue weighted by molar-refractivity contribution is 0.0124. The molecule has 0 aliphatic carbocycles. The van der Waals surface area contributed by atoms with Gasteiger partial charge in [-0.05, 0) is 30.9 Å². The van der Waals surface area contributed by atoms with Crippen LogP contribution in [0.3, 0.4) is 0 Å². The van der Waals surface area contributed by atoms with E-state index >= 15 is 0 Å². The molecule has 6 nitrogen and oxygen atoms in total. The van der Waals surface area contributed by atoms with Crippen LogP contribution in [-0.4, -0.2) is 63.9 Å². The fourth-order valence-electron chi connectivity index (χ4n) is 3.64. The maximum atomic E-state index is 12.9. The van der Waals surface area contributed by atoms with Gasteiger partial charge in [-0.2, -0.15) is 0 Å². The highest BCUT2D eigenvalue weighted by Gasteiger charge is 2.23. The molecule has 1 fully saturated rings. The summed E-state index contributed by atoms with van der Waals surface area (Å²) in [5.41, 5.74) is 1.45. The second kappa shape index (κ2) is 11.1. The summed E-state index contributed by atoms with van der Waals surface area (Å²) in [6, 6.07) is 3.89. The van der Waals surface area contributed by atoms with E-state index in [1.165, 1.54) is 0 Å². The molecule has 2 rings (SSSR count). The number of allylic oxidation sites excluding steroid dienone is 1.